The molecule has 5 aromatic heterocycles. The highest BCUT2D eigenvalue weighted by molar-refractivity contribution is 7.27. The van der Waals surface area contributed by atoms with Gasteiger partial charge >= 0.3 is 0 Å². The lowest BCUT2D eigenvalue weighted by atomic mass is 9.98. The summed E-state index contributed by atoms with van der Waals surface area (Å²) in [6, 6.07) is 131. The number of thiophene rings is 3. The first-order valence-corrected chi connectivity index (χ1v) is 37.8. The fourth-order valence-corrected chi connectivity index (χ4v) is 17.6. The molecule has 0 N–H and O–H groups in total. The summed E-state index contributed by atoms with van der Waals surface area (Å²) in [4.78, 5) is 9.07. The Morgan fingerprint density at radius 2 is 0.462 bits per heavy atom. The zero-order chi connectivity index (χ0) is 70.7. The molecular weight excluding hydrogens is 1310 g/mol. The highest BCUT2D eigenvalue weighted by Crippen LogP contribution is 2.45. The normalized spacial score (nSPS) is 10.9. The van der Waals surface area contributed by atoms with Crippen molar-refractivity contribution in [3.05, 3.63) is 398 Å². The van der Waals surface area contributed by atoms with Crippen molar-refractivity contribution in [2.24, 2.45) is 0 Å². The summed E-state index contributed by atoms with van der Waals surface area (Å²) < 4.78 is 8.35. The molecule has 5 heterocycles. The average Bonchev–Trinajstić information content (AvgIpc) is 1.62. The summed E-state index contributed by atoms with van der Waals surface area (Å²) in [5, 5.41) is 8.20. The van der Waals surface area contributed by atoms with Gasteiger partial charge in [-0.25, -0.2) is 0 Å². The third kappa shape index (κ3) is 15.0. The van der Waals surface area contributed by atoms with E-state index in [1.807, 2.05) is 109 Å². The highest BCUT2D eigenvalue weighted by Gasteiger charge is 2.16. The Morgan fingerprint density at radius 1 is 0.173 bits per heavy atom. The van der Waals surface area contributed by atoms with Crippen molar-refractivity contribution in [2.75, 3.05) is 0 Å². The largest absolute Gasteiger partial charge is 0.253 e. The van der Waals surface area contributed by atoms with Gasteiger partial charge < -0.3 is 0 Å². The van der Waals surface area contributed by atoms with Crippen LogP contribution in [0.15, 0.2) is 370 Å². The molecule has 19 rings (SSSR count). The van der Waals surface area contributed by atoms with Gasteiger partial charge in [0.2, 0.25) is 0 Å². The predicted molar refractivity (Wildman–Crippen MR) is 454 cm³/mol. The van der Waals surface area contributed by atoms with Gasteiger partial charge in [0, 0.05) is 83.0 Å². The van der Waals surface area contributed by atoms with Crippen LogP contribution in [0.25, 0.3) is 150 Å². The quantitative estimate of drug-likeness (QED) is 0.152. The Morgan fingerprint density at radius 3 is 0.894 bits per heavy atom. The monoisotopic (exact) mass is 1390 g/mol. The molecule has 0 atom stereocenters. The SMILES string of the molecule is Cc1cc(-c2ccccc2)cc(-c2ccccc2)n1.Cc1cccc(-c2ccccc2)n1.Cc1cccc2c1sc1c(-c3ccc(-c4ccccc4)cc3)cccc12.Cc1cccc2c1sc1c(-c3cccc(-c4ccccc4)c3)cccc12.Cc1cccc2c1sc1c(-c3ccccc3)cccc12. The van der Waals surface area contributed by atoms with Crippen LogP contribution in [-0.4, -0.2) is 9.97 Å². The Balaban J connectivity index is 0.000000106. The van der Waals surface area contributed by atoms with Crippen LogP contribution in [0.5, 0.6) is 0 Å². The minimum Gasteiger partial charge on any atom is -0.253 e. The summed E-state index contributed by atoms with van der Waals surface area (Å²) in [5.74, 6) is 0. The number of nitrogens with zero attached hydrogens (tertiary/aromatic N) is 2. The lowest BCUT2D eigenvalue weighted by Gasteiger charge is -2.07. The third-order valence-electron chi connectivity index (χ3n) is 18.9. The average molecular weight is 1390 g/mol. The molecule has 0 fully saturated rings. The molecule has 104 heavy (non-hydrogen) atoms. The van der Waals surface area contributed by atoms with E-state index in [4.69, 9.17) is 0 Å². The van der Waals surface area contributed by atoms with E-state index in [9.17, 15) is 0 Å². The standard InChI is InChI=1S/2C25H18S.C19H14S.C18H15N.C12H11N/c1-17-8-5-14-22-23-15-7-13-21(25(23)26-24(17)22)20-12-6-11-19(16-20)18-9-3-2-4-10-18;1-17-7-5-11-22-23-12-6-10-21(25(23)26-24(17)22)20-15-13-19(14-16-20)18-8-3-2-4-9-18;1-13-7-5-11-16-17-12-6-10-15(19(17)20-18(13)16)14-8-3-2-4-9-14;1-14-12-17(15-8-4-2-5-9-15)13-18(19-14)16-10-6-3-7-11-16;1-10-6-5-9-12(13-10)11-7-3-2-4-8-11/h2*2-16H,1H3;2-12H,1H3;2-13H,1H3;2-9H,1H3. The van der Waals surface area contributed by atoms with E-state index in [2.05, 4.69) is 340 Å². The fourth-order valence-electron chi connectivity index (χ4n) is 13.7. The van der Waals surface area contributed by atoms with E-state index in [1.165, 1.54) is 150 Å². The number of aromatic nitrogens is 2. The molecule has 0 aliphatic rings. The fraction of sp³-hybridized carbons (Fsp3) is 0.0505. The Bertz CT molecular complexity index is 6060. The molecule has 0 unspecified atom stereocenters. The van der Waals surface area contributed by atoms with Crippen molar-refractivity contribution in [2.45, 2.75) is 34.6 Å². The summed E-state index contributed by atoms with van der Waals surface area (Å²) in [7, 11) is 0. The molecule has 0 spiro atoms. The van der Waals surface area contributed by atoms with Crippen molar-refractivity contribution in [3.63, 3.8) is 0 Å². The van der Waals surface area contributed by atoms with Crippen LogP contribution in [0, 0.1) is 34.6 Å². The second-order valence-electron chi connectivity index (χ2n) is 26.1. The summed E-state index contributed by atoms with van der Waals surface area (Å²) in [5.41, 5.74) is 25.9. The van der Waals surface area contributed by atoms with Gasteiger partial charge in [-0.3, -0.25) is 9.97 Å². The predicted octanol–water partition coefficient (Wildman–Crippen LogP) is 29.2. The van der Waals surface area contributed by atoms with Crippen LogP contribution < -0.4 is 0 Å². The Hall–Kier alpha value is -12.0. The van der Waals surface area contributed by atoms with Gasteiger partial charge in [0.05, 0.1) is 11.4 Å². The number of pyridine rings is 2. The molecule has 0 bridgehead atoms. The van der Waals surface area contributed by atoms with Gasteiger partial charge in [-0.15, -0.1) is 34.0 Å². The maximum Gasteiger partial charge on any atom is 0.0711 e. The first-order chi connectivity index (χ1) is 51.1. The molecule has 0 saturated carbocycles. The van der Waals surface area contributed by atoms with Crippen LogP contribution in [0.1, 0.15) is 28.1 Å². The topological polar surface area (TPSA) is 25.8 Å². The van der Waals surface area contributed by atoms with E-state index in [0.717, 1.165) is 28.3 Å². The first-order valence-electron chi connectivity index (χ1n) is 35.3. The molecule has 0 aliphatic heterocycles. The number of fused-ring (bicyclic) bond motifs is 9. The summed E-state index contributed by atoms with van der Waals surface area (Å²) in [6.07, 6.45) is 0. The second-order valence-corrected chi connectivity index (χ2v) is 29.2. The van der Waals surface area contributed by atoms with E-state index in [1.54, 1.807) is 0 Å². The molecule has 5 heteroatoms. The van der Waals surface area contributed by atoms with Gasteiger partial charge in [-0.05, 0) is 148 Å². The maximum absolute atomic E-state index is 4.63. The van der Waals surface area contributed by atoms with Crippen LogP contribution in [0.4, 0.5) is 0 Å². The van der Waals surface area contributed by atoms with Gasteiger partial charge in [0.15, 0.2) is 0 Å². The number of rotatable bonds is 8. The lowest BCUT2D eigenvalue weighted by Crippen LogP contribution is -1.89. The zero-order valence-corrected chi connectivity index (χ0v) is 61.3. The molecule has 14 aromatic carbocycles. The van der Waals surface area contributed by atoms with Crippen LogP contribution in [0.3, 0.4) is 0 Å². The minimum absolute atomic E-state index is 1.03. The first kappa shape index (κ1) is 67.8. The van der Waals surface area contributed by atoms with Gasteiger partial charge in [-0.2, -0.15) is 0 Å². The van der Waals surface area contributed by atoms with E-state index in [0.29, 0.717) is 0 Å². The smallest absolute Gasteiger partial charge is 0.0711 e. The summed E-state index contributed by atoms with van der Waals surface area (Å²) in [6.45, 7) is 10.6. The van der Waals surface area contributed by atoms with Crippen molar-refractivity contribution in [1.82, 2.24) is 9.97 Å². The Labute approximate surface area is 621 Å². The summed E-state index contributed by atoms with van der Waals surface area (Å²) >= 11 is 5.73. The van der Waals surface area contributed by atoms with Crippen molar-refractivity contribution >= 4 is 94.5 Å². The van der Waals surface area contributed by atoms with Crippen LogP contribution >= 0.6 is 34.0 Å². The molecule has 0 radical (unpaired) electrons. The van der Waals surface area contributed by atoms with Crippen molar-refractivity contribution in [1.29, 1.82) is 0 Å². The number of benzene rings is 14. The van der Waals surface area contributed by atoms with Gasteiger partial charge in [-0.1, -0.05) is 340 Å². The van der Waals surface area contributed by atoms with E-state index in [-0.39, 0.29) is 0 Å². The van der Waals surface area contributed by atoms with Crippen LogP contribution in [0.2, 0.25) is 0 Å². The molecular formula is C99H76N2S3. The number of hydrogen-bond acceptors (Lipinski definition) is 5. The number of hydrogen-bond donors (Lipinski definition) is 0. The van der Waals surface area contributed by atoms with Gasteiger partial charge in [0.25, 0.3) is 0 Å². The third-order valence-corrected chi connectivity index (χ3v) is 23.1. The molecule has 2 nitrogen and oxygen atoms in total. The Kier molecular flexibility index (Phi) is 20.6. The molecule has 0 amide bonds. The van der Waals surface area contributed by atoms with E-state index >= 15 is 0 Å². The molecule has 500 valence electrons. The lowest BCUT2D eigenvalue weighted by molar-refractivity contribution is 1.20. The molecule has 19 aromatic rings. The van der Waals surface area contributed by atoms with Crippen LogP contribution in [-0.2, 0) is 0 Å². The number of aryl methyl sites for hydroxylation is 5. The minimum atomic E-state index is 1.03. The van der Waals surface area contributed by atoms with Crippen molar-refractivity contribution in [3.8, 4) is 89.3 Å². The maximum atomic E-state index is 4.63. The zero-order valence-electron chi connectivity index (χ0n) is 58.8. The molecule has 0 aliphatic carbocycles. The highest BCUT2D eigenvalue weighted by atomic mass is 32.1. The van der Waals surface area contributed by atoms with Gasteiger partial charge in [0.1, 0.15) is 0 Å². The van der Waals surface area contributed by atoms with E-state index < -0.39 is 0 Å². The van der Waals surface area contributed by atoms with Crippen molar-refractivity contribution < 1.29 is 0 Å². The second kappa shape index (κ2) is 31.5. The molecule has 0 saturated heterocycles.